The van der Waals surface area contributed by atoms with Crippen LogP contribution in [0.15, 0.2) is 24.5 Å². The molecule has 0 spiro atoms. The number of rotatable bonds is 4. The molecule has 1 aliphatic carbocycles. The van der Waals surface area contributed by atoms with Gasteiger partial charge in [-0.25, -0.2) is 9.78 Å². The van der Waals surface area contributed by atoms with Crippen molar-refractivity contribution < 1.29 is 9.90 Å². The molecule has 1 saturated carbocycles. The van der Waals surface area contributed by atoms with Crippen molar-refractivity contribution in [2.45, 2.75) is 32.2 Å². The van der Waals surface area contributed by atoms with Gasteiger partial charge >= 0.3 is 6.09 Å². The van der Waals surface area contributed by atoms with Crippen molar-refractivity contribution in [1.82, 2.24) is 14.9 Å². The zero-order valence-electron chi connectivity index (χ0n) is 12.9. The third-order valence-corrected chi connectivity index (χ3v) is 4.64. The van der Waals surface area contributed by atoms with E-state index < -0.39 is 6.09 Å². The number of amides is 1. The first-order valence-electron chi connectivity index (χ1n) is 7.97. The van der Waals surface area contributed by atoms with Crippen LogP contribution in [0.5, 0.6) is 0 Å². The molecule has 1 heterocycles. The minimum Gasteiger partial charge on any atom is -0.465 e. The molecule has 2 aromatic rings. The monoisotopic (exact) mass is 312 g/mol. The Morgan fingerprint density at radius 2 is 2.26 bits per heavy atom. The highest BCUT2D eigenvalue weighted by molar-refractivity contribution is 5.76. The van der Waals surface area contributed by atoms with E-state index in [2.05, 4.69) is 20.9 Å². The number of nitrogens with one attached hydrogen (secondary N) is 1. The highest BCUT2D eigenvalue weighted by atomic mass is 16.4. The largest absolute Gasteiger partial charge is 0.465 e. The summed E-state index contributed by atoms with van der Waals surface area (Å²) < 4.78 is 2.12. The van der Waals surface area contributed by atoms with E-state index in [1.165, 1.54) is 0 Å². The summed E-state index contributed by atoms with van der Waals surface area (Å²) in [5.74, 6) is 0.932. The summed E-state index contributed by atoms with van der Waals surface area (Å²) >= 11 is 0. The fourth-order valence-electron chi connectivity index (χ4n) is 3.54. The molecule has 0 bridgehead atoms. The van der Waals surface area contributed by atoms with E-state index in [1.807, 2.05) is 18.5 Å². The van der Waals surface area contributed by atoms with Crippen LogP contribution >= 0.6 is 0 Å². The summed E-state index contributed by atoms with van der Waals surface area (Å²) in [7, 11) is 0. The second-order valence-corrected chi connectivity index (χ2v) is 6.30. The third kappa shape index (κ3) is 3.62. The summed E-state index contributed by atoms with van der Waals surface area (Å²) in [6, 6.07) is 7.72. The first-order chi connectivity index (χ1) is 11.2. The van der Waals surface area contributed by atoms with Gasteiger partial charge < -0.3 is 15.0 Å². The summed E-state index contributed by atoms with van der Waals surface area (Å²) in [5, 5.41) is 20.3. The standard InChI is InChI=1S/C17H20N4O2/c18-8-12-4-5-15-16(7-12)21(11-20-15)10-14-3-1-2-13(6-14)9-19-17(22)23/h4-5,7,11,13-14,19H,1-3,6,9-10H2,(H,22,23)/t13-,14+/m1/s1. The average Bonchev–Trinajstić information content (AvgIpc) is 2.95. The summed E-state index contributed by atoms with van der Waals surface area (Å²) in [6.45, 7) is 1.41. The van der Waals surface area contributed by atoms with Crippen LogP contribution in [0.1, 0.15) is 31.2 Å². The Labute approximate surface area is 134 Å². The van der Waals surface area contributed by atoms with Crippen molar-refractivity contribution >= 4 is 17.1 Å². The molecule has 0 unspecified atom stereocenters. The van der Waals surface area contributed by atoms with Gasteiger partial charge in [-0.1, -0.05) is 6.42 Å². The topological polar surface area (TPSA) is 90.9 Å². The van der Waals surface area contributed by atoms with Crippen molar-refractivity contribution in [2.24, 2.45) is 11.8 Å². The van der Waals surface area contributed by atoms with Gasteiger partial charge in [0.15, 0.2) is 0 Å². The fraction of sp³-hybridized carbons (Fsp3) is 0.471. The van der Waals surface area contributed by atoms with Gasteiger partial charge in [0.2, 0.25) is 0 Å². The number of benzene rings is 1. The lowest BCUT2D eigenvalue weighted by atomic mass is 9.81. The van der Waals surface area contributed by atoms with Crippen LogP contribution in [-0.4, -0.2) is 27.3 Å². The van der Waals surface area contributed by atoms with Crippen LogP contribution in [0.3, 0.4) is 0 Å². The molecule has 23 heavy (non-hydrogen) atoms. The smallest absolute Gasteiger partial charge is 0.404 e. The molecule has 2 N–H and O–H groups in total. The van der Waals surface area contributed by atoms with Crippen molar-refractivity contribution in [3.63, 3.8) is 0 Å². The Morgan fingerprint density at radius 1 is 1.43 bits per heavy atom. The zero-order valence-corrected chi connectivity index (χ0v) is 12.9. The summed E-state index contributed by atoms with van der Waals surface area (Å²) in [6.07, 6.45) is 5.29. The Bertz CT molecular complexity index is 747. The van der Waals surface area contributed by atoms with E-state index in [1.54, 1.807) is 6.07 Å². The van der Waals surface area contributed by atoms with Gasteiger partial charge in [0.1, 0.15) is 0 Å². The van der Waals surface area contributed by atoms with Crippen LogP contribution in [0, 0.1) is 23.2 Å². The molecule has 1 fully saturated rings. The highest BCUT2D eigenvalue weighted by Crippen LogP contribution is 2.30. The van der Waals surface area contributed by atoms with E-state index in [0.717, 1.165) is 43.3 Å². The molecule has 2 atom stereocenters. The van der Waals surface area contributed by atoms with E-state index in [-0.39, 0.29) is 0 Å². The predicted molar refractivity (Wildman–Crippen MR) is 85.9 cm³/mol. The lowest BCUT2D eigenvalue weighted by Crippen LogP contribution is -2.31. The minimum absolute atomic E-state index is 0.411. The molecule has 6 nitrogen and oxygen atoms in total. The van der Waals surface area contributed by atoms with E-state index >= 15 is 0 Å². The van der Waals surface area contributed by atoms with Crippen molar-refractivity contribution in [1.29, 1.82) is 5.26 Å². The van der Waals surface area contributed by atoms with Crippen molar-refractivity contribution in [3.8, 4) is 6.07 Å². The van der Waals surface area contributed by atoms with Gasteiger partial charge in [0, 0.05) is 13.1 Å². The molecule has 0 radical (unpaired) electrons. The van der Waals surface area contributed by atoms with E-state index in [9.17, 15) is 4.79 Å². The summed E-state index contributed by atoms with van der Waals surface area (Å²) in [5.41, 5.74) is 2.55. The number of nitrogens with zero attached hydrogens (tertiary/aromatic N) is 3. The first kappa shape index (κ1) is 15.3. The van der Waals surface area contributed by atoms with Crippen LogP contribution in [-0.2, 0) is 6.54 Å². The molecule has 1 amide bonds. The number of hydrogen-bond acceptors (Lipinski definition) is 3. The number of nitriles is 1. The lowest BCUT2D eigenvalue weighted by molar-refractivity contribution is 0.185. The molecule has 0 saturated heterocycles. The van der Waals surface area contributed by atoms with Crippen molar-refractivity contribution in [3.05, 3.63) is 30.1 Å². The van der Waals surface area contributed by atoms with Crippen LogP contribution in [0.2, 0.25) is 0 Å². The van der Waals surface area contributed by atoms with Gasteiger partial charge in [-0.15, -0.1) is 0 Å². The number of hydrogen-bond donors (Lipinski definition) is 2. The maximum atomic E-state index is 10.6. The number of carbonyl (C=O) groups is 1. The molecule has 0 aliphatic heterocycles. The van der Waals surface area contributed by atoms with Gasteiger partial charge in [-0.2, -0.15) is 5.26 Å². The fourth-order valence-corrected chi connectivity index (χ4v) is 3.54. The van der Waals surface area contributed by atoms with Crippen LogP contribution < -0.4 is 5.32 Å². The molecule has 6 heteroatoms. The lowest BCUT2D eigenvalue weighted by Gasteiger charge is -2.29. The predicted octanol–water partition coefficient (Wildman–Crippen LogP) is 2.98. The summed E-state index contributed by atoms with van der Waals surface area (Å²) in [4.78, 5) is 15.0. The molecular formula is C17H20N4O2. The second kappa shape index (κ2) is 6.69. The normalized spacial score (nSPS) is 21.0. The maximum Gasteiger partial charge on any atom is 0.404 e. The van der Waals surface area contributed by atoms with Crippen LogP contribution in [0.25, 0.3) is 11.0 Å². The number of fused-ring (bicyclic) bond motifs is 1. The van der Waals surface area contributed by atoms with Crippen molar-refractivity contribution in [2.75, 3.05) is 6.54 Å². The van der Waals surface area contributed by atoms with E-state index in [4.69, 9.17) is 10.4 Å². The molecule has 3 rings (SSSR count). The highest BCUT2D eigenvalue weighted by Gasteiger charge is 2.23. The minimum atomic E-state index is -0.947. The quantitative estimate of drug-likeness (QED) is 0.908. The third-order valence-electron chi connectivity index (χ3n) is 4.64. The molecular weight excluding hydrogens is 292 g/mol. The Balaban J connectivity index is 1.69. The molecule has 120 valence electrons. The van der Waals surface area contributed by atoms with Gasteiger partial charge in [-0.05, 0) is 49.3 Å². The Kier molecular flexibility index (Phi) is 4.47. The number of aromatic nitrogens is 2. The molecule has 1 aromatic carbocycles. The average molecular weight is 312 g/mol. The molecule has 1 aromatic heterocycles. The van der Waals surface area contributed by atoms with Gasteiger partial charge in [-0.3, -0.25) is 0 Å². The maximum absolute atomic E-state index is 10.6. The van der Waals surface area contributed by atoms with Gasteiger partial charge in [0.05, 0.1) is 29.0 Å². The first-order valence-corrected chi connectivity index (χ1v) is 7.97. The number of imidazole rings is 1. The zero-order chi connectivity index (χ0) is 16.2. The van der Waals surface area contributed by atoms with Gasteiger partial charge in [0.25, 0.3) is 0 Å². The second-order valence-electron chi connectivity index (χ2n) is 6.30. The number of carboxylic acid groups (broad SMARTS) is 1. The Morgan fingerprint density at radius 3 is 3.04 bits per heavy atom. The van der Waals surface area contributed by atoms with E-state index in [0.29, 0.717) is 23.9 Å². The molecule has 1 aliphatic rings. The van der Waals surface area contributed by atoms with Crippen LogP contribution in [0.4, 0.5) is 4.79 Å². The Hall–Kier alpha value is -2.55. The SMILES string of the molecule is N#Cc1ccc2ncn(C[C@H]3CCC[C@@H](CNC(=O)O)C3)c2c1.